The Hall–Kier alpha value is -2.50. The van der Waals surface area contributed by atoms with Crippen LogP contribution in [-0.4, -0.2) is 27.3 Å². The summed E-state index contributed by atoms with van der Waals surface area (Å²) in [7, 11) is 0. The highest BCUT2D eigenvalue weighted by Crippen LogP contribution is 2.11. The Bertz CT molecular complexity index is 513. The first-order valence-corrected chi connectivity index (χ1v) is 5.99. The molecule has 2 rings (SSSR count). The minimum atomic E-state index is 0.159. The lowest BCUT2D eigenvalue weighted by molar-refractivity contribution is 0.765. The molecule has 0 radical (unpaired) electrons. The van der Waals surface area contributed by atoms with Gasteiger partial charge in [-0.2, -0.15) is 0 Å². The number of amidine groups is 1. The van der Waals surface area contributed by atoms with E-state index in [1.807, 2.05) is 23.2 Å². The minimum Gasteiger partial charge on any atom is -0.388 e. The zero-order valence-corrected chi connectivity index (χ0v) is 10.5. The fourth-order valence-corrected chi connectivity index (χ4v) is 1.67. The second kappa shape index (κ2) is 6.44. The van der Waals surface area contributed by atoms with Gasteiger partial charge in [0, 0.05) is 44.3 Å². The van der Waals surface area contributed by atoms with Crippen molar-refractivity contribution >= 4 is 11.8 Å². The molecule has 0 saturated heterocycles. The number of hydrogen-bond donors (Lipinski definition) is 2. The van der Waals surface area contributed by atoms with E-state index in [9.17, 15) is 0 Å². The highest BCUT2D eigenvalue weighted by Gasteiger charge is 2.10. The molecule has 2 heterocycles. The first-order chi connectivity index (χ1) is 9.25. The molecule has 19 heavy (non-hydrogen) atoms. The summed E-state index contributed by atoms with van der Waals surface area (Å²) in [5, 5.41) is 7.33. The Labute approximate surface area is 111 Å². The molecule has 0 unspecified atom stereocenters. The van der Waals surface area contributed by atoms with Gasteiger partial charge in [0.05, 0.1) is 5.84 Å². The zero-order valence-electron chi connectivity index (χ0n) is 10.5. The fourth-order valence-electron chi connectivity index (χ4n) is 1.67. The van der Waals surface area contributed by atoms with E-state index in [0.29, 0.717) is 25.5 Å². The van der Waals surface area contributed by atoms with Crippen LogP contribution in [0.25, 0.3) is 0 Å². The molecule has 0 amide bonds. The molecule has 6 heteroatoms. The smallest absolute Gasteiger partial charge is 0.225 e. The number of anilines is 1. The molecular formula is C13H16N6. The predicted octanol–water partition coefficient (Wildman–Crippen LogP) is 1.20. The summed E-state index contributed by atoms with van der Waals surface area (Å²) in [6, 6.07) is 5.66. The average Bonchev–Trinajstić information content (AvgIpc) is 2.45. The van der Waals surface area contributed by atoms with Crippen LogP contribution in [0.4, 0.5) is 5.95 Å². The lowest BCUT2D eigenvalue weighted by Gasteiger charge is -2.22. The first-order valence-electron chi connectivity index (χ1n) is 5.99. The van der Waals surface area contributed by atoms with Crippen molar-refractivity contribution in [2.45, 2.75) is 13.0 Å². The third-order valence-electron chi connectivity index (χ3n) is 2.58. The molecule has 0 spiro atoms. The molecule has 6 nitrogen and oxygen atoms in total. The predicted molar refractivity (Wildman–Crippen MR) is 73.9 cm³/mol. The van der Waals surface area contributed by atoms with E-state index in [-0.39, 0.29) is 5.84 Å². The Morgan fingerprint density at radius 3 is 2.63 bits per heavy atom. The lowest BCUT2D eigenvalue weighted by atomic mass is 10.2. The molecule has 2 aromatic rings. The highest BCUT2D eigenvalue weighted by atomic mass is 15.2. The lowest BCUT2D eigenvalue weighted by Crippen LogP contribution is -2.29. The number of aromatic nitrogens is 3. The van der Waals surface area contributed by atoms with Crippen molar-refractivity contribution in [2.24, 2.45) is 5.73 Å². The van der Waals surface area contributed by atoms with Gasteiger partial charge in [0.2, 0.25) is 5.95 Å². The summed E-state index contributed by atoms with van der Waals surface area (Å²) in [6.07, 6.45) is 7.43. The van der Waals surface area contributed by atoms with Gasteiger partial charge in [-0.3, -0.25) is 10.4 Å². The summed E-state index contributed by atoms with van der Waals surface area (Å²) < 4.78 is 0. The average molecular weight is 256 g/mol. The second-order valence-corrected chi connectivity index (χ2v) is 4.11. The summed E-state index contributed by atoms with van der Waals surface area (Å²) in [6.45, 7) is 1.25. The van der Waals surface area contributed by atoms with Crippen LogP contribution in [0.2, 0.25) is 0 Å². The van der Waals surface area contributed by atoms with E-state index in [1.54, 1.807) is 24.7 Å². The normalized spacial score (nSPS) is 10.1. The van der Waals surface area contributed by atoms with Crippen molar-refractivity contribution in [1.29, 1.82) is 5.41 Å². The van der Waals surface area contributed by atoms with Crippen molar-refractivity contribution in [3.8, 4) is 0 Å². The van der Waals surface area contributed by atoms with Crippen LogP contribution in [0, 0.1) is 5.41 Å². The molecule has 0 fully saturated rings. The monoisotopic (exact) mass is 256 g/mol. The maximum absolute atomic E-state index is 7.33. The van der Waals surface area contributed by atoms with Gasteiger partial charge in [0.1, 0.15) is 0 Å². The summed E-state index contributed by atoms with van der Waals surface area (Å²) in [4.78, 5) is 14.5. The molecule has 0 aliphatic heterocycles. The van der Waals surface area contributed by atoms with E-state index in [1.165, 1.54) is 0 Å². The van der Waals surface area contributed by atoms with Gasteiger partial charge in [0.25, 0.3) is 0 Å². The maximum atomic E-state index is 7.33. The molecule has 0 bridgehead atoms. The topological polar surface area (TPSA) is 91.8 Å². The molecule has 0 saturated carbocycles. The molecule has 2 aromatic heterocycles. The fraction of sp³-hybridized carbons (Fsp3) is 0.231. The van der Waals surface area contributed by atoms with Gasteiger partial charge in [-0.25, -0.2) is 9.97 Å². The highest BCUT2D eigenvalue weighted by molar-refractivity contribution is 5.77. The van der Waals surface area contributed by atoms with Gasteiger partial charge < -0.3 is 10.6 Å². The third kappa shape index (κ3) is 4.02. The zero-order chi connectivity index (χ0) is 13.5. The first kappa shape index (κ1) is 12.9. The van der Waals surface area contributed by atoms with Crippen LogP contribution in [0.5, 0.6) is 0 Å². The summed E-state index contributed by atoms with van der Waals surface area (Å²) in [5.41, 5.74) is 6.48. The number of pyridine rings is 1. The number of nitrogens with two attached hydrogens (primary N) is 1. The van der Waals surface area contributed by atoms with E-state index < -0.39 is 0 Å². The third-order valence-corrected chi connectivity index (χ3v) is 2.58. The van der Waals surface area contributed by atoms with Gasteiger partial charge >= 0.3 is 0 Å². The van der Waals surface area contributed by atoms with Gasteiger partial charge in [0.15, 0.2) is 0 Å². The maximum Gasteiger partial charge on any atom is 0.225 e. The number of hydrogen-bond acceptors (Lipinski definition) is 5. The van der Waals surface area contributed by atoms with Gasteiger partial charge in [-0.05, 0) is 17.7 Å². The van der Waals surface area contributed by atoms with Crippen LogP contribution in [0.3, 0.4) is 0 Å². The number of nitrogens with one attached hydrogen (secondary N) is 1. The molecular weight excluding hydrogens is 240 g/mol. The molecule has 0 atom stereocenters. The SMILES string of the molecule is N=C(N)CCN(Cc1cccnc1)c1ncccn1. The minimum absolute atomic E-state index is 0.159. The molecule has 98 valence electrons. The van der Waals surface area contributed by atoms with Gasteiger partial charge in [-0.15, -0.1) is 0 Å². The van der Waals surface area contributed by atoms with Crippen LogP contribution >= 0.6 is 0 Å². The van der Waals surface area contributed by atoms with Crippen molar-refractivity contribution in [3.05, 3.63) is 48.5 Å². The Morgan fingerprint density at radius 2 is 2.00 bits per heavy atom. The Morgan fingerprint density at radius 1 is 1.21 bits per heavy atom. The summed E-state index contributed by atoms with van der Waals surface area (Å²) >= 11 is 0. The van der Waals surface area contributed by atoms with E-state index in [0.717, 1.165) is 5.56 Å². The second-order valence-electron chi connectivity index (χ2n) is 4.11. The Kier molecular flexibility index (Phi) is 4.39. The van der Waals surface area contributed by atoms with Crippen LogP contribution < -0.4 is 10.6 Å². The van der Waals surface area contributed by atoms with E-state index >= 15 is 0 Å². The Balaban J connectivity index is 2.12. The van der Waals surface area contributed by atoms with Gasteiger partial charge in [-0.1, -0.05) is 6.07 Å². The number of rotatable bonds is 6. The molecule has 0 aliphatic rings. The molecule has 0 aromatic carbocycles. The molecule has 0 aliphatic carbocycles. The largest absolute Gasteiger partial charge is 0.388 e. The molecule has 3 N–H and O–H groups in total. The van der Waals surface area contributed by atoms with E-state index in [4.69, 9.17) is 11.1 Å². The standard InChI is InChI=1S/C13H16N6/c14-12(15)4-8-19(13-17-6-2-7-18-13)10-11-3-1-5-16-9-11/h1-3,5-7,9H,4,8,10H2,(H3,14,15). The van der Waals surface area contributed by atoms with Crippen LogP contribution in [0.1, 0.15) is 12.0 Å². The van der Waals surface area contributed by atoms with Crippen molar-refractivity contribution in [3.63, 3.8) is 0 Å². The van der Waals surface area contributed by atoms with Crippen molar-refractivity contribution < 1.29 is 0 Å². The quantitative estimate of drug-likeness (QED) is 0.598. The van der Waals surface area contributed by atoms with Crippen molar-refractivity contribution in [2.75, 3.05) is 11.4 Å². The van der Waals surface area contributed by atoms with Crippen LogP contribution in [-0.2, 0) is 6.54 Å². The van der Waals surface area contributed by atoms with Crippen LogP contribution in [0.15, 0.2) is 43.0 Å². The summed E-state index contributed by atoms with van der Waals surface area (Å²) in [5.74, 6) is 0.791. The van der Waals surface area contributed by atoms with E-state index in [2.05, 4.69) is 15.0 Å². The number of nitrogens with zero attached hydrogens (tertiary/aromatic N) is 4. The van der Waals surface area contributed by atoms with Crippen molar-refractivity contribution in [1.82, 2.24) is 15.0 Å².